The Morgan fingerprint density at radius 2 is 2.10 bits per heavy atom. The van der Waals surface area contributed by atoms with Crippen LogP contribution in [0.5, 0.6) is 0 Å². The number of hydrogen-bond acceptors (Lipinski definition) is 4. The lowest BCUT2D eigenvalue weighted by Gasteiger charge is -2.30. The van der Waals surface area contributed by atoms with E-state index in [-0.39, 0.29) is 0 Å². The second kappa shape index (κ2) is 5.91. The standard InChI is InChI=1S/C15H19NO4/c1-4-12(9-13(18)19)5-6-14(3,20-11(2)17)15(10-16)7-8-15/h5-6,9H,4,7-8H2,1-3H3,(H,18,19)/b6-5+,12-9-/t14-/m1/s1. The molecule has 0 radical (unpaired) electrons. The maximum atomic E-state index is 11.3. The highest BCUT2D eigenvalue weighted by Crippen LogP contribution is 2.55. The fourth-order valence-corrected chi connectivity index (χ4v) is 2.13. The van der Waals surface area contributed by atoms with E-state index in [9.17, 15) is 14.9 Å². The van der Waals surface area contributed by atoms with E-state index in [0.29, 0.717) is 24.8 Å². The molecular formula is C15H19NO4. The largest absolute Gasteiger partial charge is 0.478 e. The first-order valence-corrected chi connectivity index (χ1v) is 6.52. The summed E-state index contributed by atoms with van der Waals surface area (Å²) in [6, 6.07) is 2.22. The van der Waals surface area contributed by atoms with Gasteiger partial charge < -0.3 is 9.84 Å². The van der Waals surface area contributed by atoms with Gasteiger partial charge in [0.15, 0.2) is 0 Å². The van der Waals surface area contributed by atoms with Crippen molar-refractivity contribution < 1.29 is 19.4 Å². The second-order valence-corrected chi connectivity index (χ2v) is 5.14. The van der Waals surface area contributed by atoms with Crippen LogP contribution in [-0.4, -0.2) is 22.6 Å². The monoisotopic (exact) mass is 277 g/mol. The maximum absolute atomic E-state index is 11.3. The molecule has 0 saturated heterocycles. The molecule has 1 saturated carbocycles. The summed E-state index contributed by atoms with van der Waals surface area (Å²) in [7, 11) is 0. The number of nitriles is 1. The van der Waals surface area contributed by atoms with Crippen molar-refractivity contribution in [2.24, 2.45) is 5.41 Å². The Bertz CT molecular complexity index is 508. The van der Waals surface area contributed by atoms with Crippen LogP contribution < -0.4 is 0 Å². The minimum Gasteiger partial charge on any atom is -0.478 e. The molecule has 1 fully saturated rings. The van der Waals surface area contributed by atoms with E-state index in [2.05, 4.69) is 6.07 Å². The normalized spacial score (nSPS) is 20.0. The number of rotatable bonds is 6. The molecule has 1 aliphatic rings. The number of carboxylic acid groups (broad SMARTS) is 1. The van der Waals surface area contributed by atoms with Gasteiger partial charge in [-0.15, -0.1) is 0 Å². The molecule has 0 aliphatic heterocycles. The highest BCUT2D eigenvalue weighted by atomic mass is 16.6. The zero-order valence-corrected chi connectivity index (χ0v) is 12.0. The quantitative estimate of drug-likeness (QED) is 0.458. The molecule has 1 rings (SSSR count). The SMILES string of the molecule is CCC(=C/C(=O)O)/C=C/[C@@](C)(OC(C)=O)C1(C#N)CC1. The average molecular weight is 277 g/mol. The first-order chi connectivity index (χ1) is 9.28. The Labute approximate surface area is 118 Å². The molecule has 0 heterocycles. The van der Waals surface area contributed by atoms with Crippen LogP contribution >= 0.6 is 0 Å². The van der Waals surface area contributed by atoms with E-state index >= 15 is 0 Å². The summed E-state index contributed by atoms with van der Waals surface area (Å²) in [6.45, 7) is 4.82. The predicted octanol–water partition coefficient (Wildman–Crippen LogP) is 2.59. The summed E-state index contributed by atoms with van der Waals surface area (Å²) in [4.78, 5) is 22.0. The lowest BCUT2D eigenvalue weighted by atomic mass is 9.85. The number of hydrogen-bond donors (Lipinski definition) is 1. The van der Waals surface area contributed by atoms with Gasteiger partial charge in [0.25, 0.3) is 0 Å². The Morgan fingerprint density at radius 3 is 2.45 bits per heavy atom. The molecular weight excluding hydrogens is 258 g/mol. The Balaban J connectivity index is 3.05. The molecule has 1 N–H and O–H groups in total. The second-order valence-electron chi connectivity index (χ2n) is 5.14. The molecule has 1 aliphatic carbocycles. The van der Waals surface area contributed by atoms with Crippen molar-refractivity contribution >= 4 is 11.9 Å². The molecule has 0 aromatic heterocycles. The summed E-state index contributed by atoms with van der Waals surface area (Å²) in [5.41, 5.74) is -1.12. The van der Waals surface area contributed by atoms with E-state index < -0.39 is 23.0 Å². The molecule has 0 aromatic rings. The number of allylic oxidation sites excluding steroid dienone is 2. The number of aliphatic carboxylic acids is 1. The van der Waals surface area contributed by atoms with Crippen molar-refractivity contribution in [2.45, 2.75) is 45.6 Å². The molecule has 108 valence electrons. The van der Waals surface area contributed by atoms with Crippen LogP contribution in [0, 0.1) is 16.7 Å². The van der Waals surface area contributed by atoms with Gasteiger partial charge in [-0.1, -0.05) is 13.0 Å². The van der Waals surface area contributed by atoms with Crippen molar-refractivity contribution in [1.82, 2.24) is 0 Å². The van der Waals surface area contributed by atoms with Crippen molar-refractivity contribution in [3.05, 3.63) is 23.8 Å². The molecule has 0 unspecified atom stereocenters. The van der Waals surface area contributed by atoms with Gasteiger partial charge in [-0.3, -0.25) is 4.79 Å². The van der Waals surface area contributed by atoms with Crippen LogP contribution in [0.25, 0.3) is 0 Å². The lowest BCUT2D eigenvalue weighted by Crippen LogP contribution is -2.38. The van der Waals surface area contributed by atoms with Gasteiger partial charge in [-0.2, -0.15) is 5.26 Å². The van der Waals surface area contributed by atoms with Crippen molar-refractivity contribution in [3.8, 4) is 6.07 Å². The third kappa shape index (κ3) is 3.47. The molecule has 20 heavy (non-hydrogen) atoms. The topological polar surface area (TPSA) is 87.4 Å². The molecule has 1 atom stereocenters. The summed E-state index contributed by atoms with van der Waals surface area (Å²) in [6.07, 6.45) is 6.23. The first-order valence-electron chi connectivity index (χ1n) is 6.52. The first kappa shape index (κ1) is 16.0. The van der Waals surface area contributed by atoms with Gasteiger partial charge in [0.2, 0.25) is 0 Å². The highest BCUT2D eigenvalue weighted by Gasteiger charge is 2.59. The molecule has 5 heteroatoms. The van der Waals surface area contributed by atoms with E-state index in [1.807, 2.05) is 6.92 Å². The van der Waals surface area contributed by atoms with Crippen LogP contribution in [-0.2, 0) is 14.3 Å². The molecule has 0 amide bonds. The number of ether oxygens (including phenoxy) is 1. The Kier molecular flexibility index (Phi) is 4.72. The van der Waals surface area contributed by atoms with Crippen LogP contribution in [0.15, 0.2) is 23.8 Å². The summed E-state index contributed by atoms with van der Waals surface area (Å²) in [5.74, 6) is -1.49. The molecule has 0 bridgehead atoms. The zero-order valence-electron chi connectivity index (χ0n) is 12.0. The number of esters is 1. The van der Waals surface area contributed by atoms with E-state index in [1.54, 1.807) is 19.1 Å². The van der Waals surface area contributed by atoms with Crippen LogP contribution in [0.4, 0.5) is 0 Å². The van der Waals surface area contributed by atoms with Gasteiger partial charge >= 0.3 is 11.9 Å². The lowest BCUT2D eigenvalue weighted by molar-refractivity contribution is -0.154. The predicted molar refractivity (Wildman–Crippen MR) is 72.6 cm³/mol. The van der Waals surface area contributed by atoms with Crippen molar-refractivity contribution in [3.63, 3.8) is 0 Å². The maximum Gasteiger partial charge on any atom is 0.328 e. The van der Waals surface area contributed by atoms with Crippen LogP contribution in [0.2, 0.25) is 0 Å². The number of nitrogens with zero attached hydrogens (tertiary/aromatic N) is 1. The zero-order chi connectivity index (χ0) is 15.4. The fourth-order valence-electron chi connectivity index (χ4n) is 2.13. The van der Waals surface area contributed by atoms with Crippen molar-refractivity contribution in [2.75, 3.05) is 0 Å². The van der Waals surface area contributed by atoms with E-state index in [4.69, 9.17) is 9.84 Å². The van der Waals surface area contributed by atoms with Gasteiger partial charge in [0.05, 0.1) is 6.07 Å². The molecule has 0 aromatic carbocycles. The molecule has 5 nitrogen and oxygen atoms in total. The fraction of sp³-hybridized carbons (Fsp3) is 0.533. The third-order valence-electron chi connectivity index (χ3n) is 3.60. The van der Waals surface area contributed by atoms with E-state index in [1.165, 1.54) is 6.92 Å². The Hall–Kier alpha value is -2.09. The van der Waals surface area contributed by atoms with Gasteiger partial charge in [0, 0.05) is 13.0 Å². The van der Waals surface area contributed by atoms with Crippen LogP contribution in [0.1, 0.15) is 40.0 Å². The van der Waals surface area contributed by atoms with Gasteiger partial charge in [0.1, 0.15) is 11.0 Å². The summed E-state index contributed by atoms with van der Waals surface area (Å²) < 4.78 is 5.33. The summed E-state index contributed by atoms with van der Waals surface area (Å²) in [5, 5.41) is 18.0. The van der Waals surface area contributed by atoms with Gasteiger partial charge in [-0.25, -0.2) is 4.79 Å². The van der Waals surface area contributed by atoms with Crippen molar-refractivity contribution in [1.29, 1.82) is 5.26 Å². The summed E-state index contributed by atoms with van der Waals surface area (Å²) >= 11 is 0. The minimum atomic E-state index is -1.03. The van der Waals surface area contributed by atoms with Gasteiger partial charge in [-0.05, 0) is 37.8 Å². The highest BCUT2D eigenvalue weighted by molar-refractivity contribution is 5.81. The Morgan fingerprint density at radius 1 is 1.50 bits per heavy atom. The number of carbonyl (C=O) groups is 2. The average Bonchev–Trinajstić information content (AvgIpc) is 3.14. The van der Waals surface area contributed by atoms with Crippen LogP contribution in [0.3, 0.4) is 0 Å². The number of carbonyl (C=O) groups excluding carboxylic acids is 1. The molecule has 0 spiro atoms. The number of carboxylic acids is 1. The minimum absolute atomic E-state index is 0.459. The third-order valence-corrected chi connectivity index (χ3v) is 3.60. The smallest absolute Gasteiger partial charge is 0.328 e. The van der Waals surface area contributed by atoms with E-state index in [0.717, 1.165) is 6.08 Å².